The quantitative estimate of drug-likeness (QED) is 0.763. The van der Waals surface area contributed by atoms with Gasteiger partial charge in [0.25, 0.3) is 0 Å². The lowest BCUT2D eigenvalue weighted by molar-refractivity contribution is -0.135. The zero-order valence-electron chi connectivity index (χ0n) is 10.6. The summed E-state index contributed by atoms with van der Waals surface area (Å²) < 4.78 is 5.43. The van der Waals surface area contributed by atoms with Gasteiger partial charge in [-0.25, -0.2) is 0 Å². The van der Waals surface area contributed by atoms with Crippen molar-refractivity contribution >= 4 is 5.91 Å². The van der Waals surface area contributed by atoms with Crippen molar-refractivity contribution in [1.82, 2.24) is 4.90 Å². The van der Waals surface area contributed by atoms with E-state index in [0.717, 1.165) is 19.3 Å². The second-order valence-electron chi connectivity index (χ2n) is 4.88. The van der Waals surface area contributed by atoms with Crippen LogP contribution in [0.3, 0.4) is 0 Å². The van der Waals surface area contributed by atoms with Gasteiger partial charge < -0.3 is 15.4 Å². The third kappa shape index (κ3) is 3.76. The van der Waals surface area contributed by atoms with Crippen LogP contribution in [-0.4, -0.2) is 43.2 Å². The Morgan fingerprint density at radius 1 is 1.50 bits per heavy atom. The standard InChI is InChI=1S/C12H24N2O2/c1-9(2)16-8-7-14(3)12(15)10-5-4-6-11(10)13/h9-11H,4-8,13H2,1-3H3. The molecule has 0 aliphatic heterocycles. The van der Waals surface area contributed by atoms with Gasteiger partial charge in [-0.05, 0) is 26.7 Å². The predicted molar refractivity (Wildman–Crippen MR) is 64.0 cm³/mol. The maximum absolute atomic E-state index is 12.0. The number of carbonyl (C=O) groups is 1. The van der Waals surface area contributed by atoms with Crippen LogP contribution in [0.4, 0.5) is 0 Å². The predicted octanol–water partition coefficient (Wildman–Crippen LogP) is 0.997. The van der Waals surface area contributed by atoms with Crippen LogP contribution < -0.4 is 5.73 Å². The highest BCUT2D eigenvalue weighted by molar-refractivity contribution is 5.79. The minimum Gasteiger partial charge on any atom is -0.377 e. The van der Waals surface area contributed by atoms with Gasteiger partial charge in [0.05, 0.1) is 18.6 Å². The fourth-order valence-corrected chi connectivity index (χ4v) is 2.11. The molecule has 94 valence electrons. The van der Waals surface area contributed by atoms with E-state index < -0.39 is 0 Å². The maximum Gasteiger partial charge on any atom is 0.227 e. The highest BCUT2D eigenvalue weighted by Gasteiger charge is 2.31. The SMILES string of the molecule is CC(C)OCCN(C)C(=O)C1CCCC1N. The highest BCUT2D eigenvalue weighted by atomic mass is 16.5. The smallest absolute Gasteiger partial charge is 0.227 e. The molecule has 4 heteroatoms. The first-order valence-electron chi connectivity index (χ1n) is 6.14. The minimum atomic E-state index is 0.0315. The Bertz CT molecular complexity index is 231. The minimum absolute atomic E-state index is 0.0315. The van der Waals surface area contributed by atoms with Crippen molar-refractivity contribution in [2.24, 2.45) is 11.7 Å². The lowest BCUT2D eigenvalue weighted by Gasteiger charge is -2.23. The Morgan fingerprint density at radius 2 is 2.19 bits per heavy atom. The van der Waals surface area contributed by atoms with E-state index in [1.165, 1.54) is 0 Å². The number of nitrogens with two attached hydrogens (primary N) is 1. The lowest BCUT2D eigenvalue weighted by atomic mass is 10.0. The fraction of sp³-hybridized carbons (Fsp3) is 0.917. The van der Waals surface area contributed by atoms with Crippen LogP contribution in [0.1, 0.15) is 33.1 Å². The van der Waals surface area contributed by atoms with Crippen molar-refractivity contribution in [2.45, 2.75) is 45.3 Å². The van der Waals surface area contributed by atoms with Crippen molar-refractivity contribution < 1.29 is 9.53 Å². The number of amides is 1. The van der Waals surface area contributed by atoms with Crippen LogP contribution >= 0.6 is 0 Å². The average Bonchev–Trinajstić information content (AvgIpc) is 2.62. The number of nitrogens with zero attached hydrogens (tertiary/aromatic N) is 1. The van der Waals surface area contributed by atoms with E-state index in [9.17, 15) is 4.79 Å². The second kappa shape index (κ2) is 6.21. The Balaban J connectivity index is 2.30. The Kier molecular flexibility index (Phi) is 5.22. The molecule has 1 amide bonds. The first-order valence-corrected chi connectivity index (χ1v) is 6.14. The highest BCUT2D eigenvalue weighted by Crippen LogP contribution is 2.25. The molecule has 0 bridgehead atoms. The van der Waals surface area contributed by atoms with Gasteiger partial charge in [-0.3, -0.25) is 4.79 Å². The van der Waals surface area contributed by atoms with E-state index >= 15 is 0 Å². The number of hydrogen-bond donors (Lipinski definition) is 1. The molecule has 1 aliphatic carbocycles. The molecule has 16 heavy (non-hydrogen) atoms. The third-order valence-corrected chi connectivity index (χ3v) is 3.14. The van der Waals surface area contributed by atoms with Crippen LogP contribution in [-0.2, 0) is 9.53 Å². The summed E-state index contributed by atoms with van der Waals surface area (Å²) in [5, 5.41) is 0. The van der Waals surface area contributed by atoms with E-state index in [-0.39, 0.29) is 24.0 Å². The van der Waals surface area contributed by atoms with Crippen LogP contribution in [0.2, 0.25) is 0 Å². The Morgan fingerprint density at radius 3 is 2.69 bits per heavy atom. The number of rotatable bonds is 5. The normalized spacial score (nSPS) is 25.1. The second-order valence-corrected chi connectivity index (χ2v) is 4.88. The molecule has 1 saturated carbocycles. The van der Waals surface area contributed by atoms with Crippen LogP contribution in [0.5, 0.6) is 0 Å². The van der Waals surface area contributed by atoms with E-state index in [1.807, 2.05) is 20.9 Å². The molecule has 0 aromatic heterocycles. The van der Waals surface area contributed by atoms with Gasteiger partial charge in [-0.2, -0.15) is 0 Å². The number of likely N-dealkylation sites (N-methyl/N-ethyl adjacent to an activating group) is 1. The molecule has 0 radical (unpaired) electrons. The molecular formula is C12H24N2O2. The molecule has 2 atom stereocenters. The molecule has 2 unspecified atom stereocenters. The topological polar surface area (TPSA) is 55.6 Å². The summed E-state index contributed by atoms with van der Waals surface area (Å²) in [6, 6.07) is 0.0565. The number of ether oxygens (including phenoxy) is 1. The monoisotopic (exact) mass is 228 g/mol. The summed E-state index contributed by atoms with van der Waals surface area (Å²) in [7, 11) is 1.83. The third-order valence-electron chi connectivity index (χ3n) is 3.14. The van der Waals surface area contributed by atoms with Gasteiger partial charge in [-0.15, -0.1) is 0 Å². The Labute approximate surface area is 98.1 Å². The number of hydrogen-bond acceptors (Lipinski definition) is 3. The summed E-state index contributed by atoms with van der Waals surface area (Å²) in [5.74, 6) is 0.210. The molecule has 0 heterocycles. The maximum atomic E-state index is 12.0. The van der Waals surface area contributed by atoms with Crippen molar-refractivity contribution in [2.75, 3.05) is 20.2 Å². The zero-order chi connectivity index (χ0) is 12.1. The van der Waals surface area contributed by atoms with Gasteiger partial charge in [0, 0.05) is 19.6 Å². The first kappa shape index (κ1) is 13.5. The molecule has 2 N–H and O–H groups in total. The molecule has 0 aromatic rings. The van der Waals surface area contributed by atoms with E-state index in [4.69, 9.17) is 10.5 Å². The van der Waals surface area contributed by atoms with Crippen LogP contribution in [0.15, 0.2) is 0 Å². The summed E-state index contributed by atoms with van der Waals surface area (Å²) in [4.78, 5) is 13.8. The van der Waals surface area contributed by atoms with Gasteiger partial charge in [0.1, 0.15) is 0 Å². The molecule has 0 spiro atoms. The Hall–Kier alpha value is -0.610. The van der Waals surface area contributed by atoms with Gasteiger partial charge >= 0.3 is 0 Å². The lowest BCUT2D eigenvalue weighted by Crippen LogP contribution is -2.41. The molecule has 1 fully saturated rings. The molecule has 0 saturated heterocycles. The summed E-state index contributed by atoms with van der Waals surface area (Å²) in [6.07, 6.45) is 3.22. The molecule has 4 nitrogen and oxygen atoms in total. The van der Waals surface area contributed by atoms with E-state index in [1.54, 1.807) is 4.90 Å². The van der Waals surface area contributed by atoms with Gasteiger partial charge in [-0.1, -0.05) is 6.42 Å². The van der Waals surface area contributed by atoms with E-state index in [0.29, 0.717) is 13.2 Å². The first-order chi connectivity index (χ1) is 7.52. The molecule has 1 aliphatic rings. The van der Waals surface area contributed by atoms with Gasteiger partial charge in [0.2, 0.25) is 5.91 Å². The fourth-order valence-electron chi connectivity index (χ4n) is 2.11. The molecule has 0 aromatic carbocycles. The van der Waals surface area contributed by atoms with Crippen LogP contribution in [0, 0.1) is 5.92 Å². The van der Waals surface area contributed by atoms with Crippen molar-refractivity contribution in [1.29, 1.82) is 0 Å². The summed E-state index contributed by atoms with van der Waals surface area (Å²) in [6.45, 7) is 5.24. The zero-order valence-corrected chi connectivity index (χ0v) is 10.6. The number of carbonyl (C=O) groups excluding carboxylic acids is 1. The molecule has 1 rings (SSSR count). The van der Waals surface area contributed by atoms with Crippen molar-refractivity contribution in [3.8, 4) is 0 Å². The summed E-state index contributed by atoms with van der Waals surface area (Å²) in [5.41, 5.74) is 5.92. The average molecular weight is 228 g/mol. The van der Waals surface area contributed by atoms with Gasteiger partial charge in [0.15, 0.2) is 0 Å². The van der Waals surface area contributed by atoms with Crippen molar-refractivity contribution in [3.63, 3.8) is 0 Å². The van der Waals surface area contributed by atoms with E-state index in [2.05, 4.69) is 0 Å². The van der Waals surface area contributed by atoms with Crippen LogP contribution in [0.25, 0.3) is 0 Å². The summed E-state index contributed by atoms with van der Waals surface area (Å²) >= 11 is 0. The largest absolute Gasteiger partial charge is 0.377 e. The van der Waals surface area contributed by atoms with Crippen molar-refractivity contribution in [3.05, 3.63) is 0 Å². The molecular weight excluding hydrogens is 204 g/mol.